The van der Waals surface area contributed by atoms with Gasteiger partial charge in [-0.1, -0.05) is 82.1 Å². The molecule has 0 heterocycles. The van der Waals surface area contributed by atoms with Gasteiger partial charge >= 0.3 is 36.7 Å². The van der Waals surface area contributed by atoms with Gasteiger partial charge in [-0.25, -0.2) is 0 Å². The number of benzene rings is 3. The van der Waals surface area contributed by atoms with Crippen molar-refractivity contribution >= 4 is 31.1 Å². The SMILES string of the molecule is COC1=CC=CC([S+](c2cccc(OC)c2)c2cc(OS(=O)(=O)C(F)(F)C(F)(F)C(F)(F)S(=O)(=O)Oc3c(C4CCCCC4)cc(C4CCCCC4)cc3C3CCCCC3)cc([OH+]C)c2)C1. The van der Waals surface area contributed by atoms with Crippen molar-refractivity contribution in [2.75, 3.05) is 21.3 Å². The molecule has 0 aromatic heterocycles. The highest BCUT2D eigenvalue weighted by atomic mass is 32.2. The van der Waals surface area contributed by atoms with E-state index in [0.717, 1.165) is 88.3 Å². The first-order valence-electron chi connectivity index (χ1n) is 22.6. The minimum atomic E-state index is -7.12. The number of hydrogen-bond acceptors (Lipinski definition) is 8. The minimum absolute atomic E-state index is 0.0335. The van der Waals surface area contributed by atoms with E-state index in [9.17, 15) is 16.8 Å². The maximum atomic E-state index is 16.2. The van der Waals surface area contributed by atoms with Crippen molar-refractivity contribution in [2.24, 2.45) is 0 Å². The van der Waals surface area contributed by atoms with Gasteiger partial charge < -0.3 is 22.6 Å². The number of rotatable bonds is 17. The first-order valence-corrected chi connectivity index (χ1v) is 26.7. The maximum Gasteiger partial charge on any atom is 0.450 e. The molecule has 3 saturated carbocycles. The molecule has 0 spiro atoms. The monoisotopic (exact) mass is 988 g/mol. The number of aliphatic hydroxyl groups is 1. The van der Waals surface area contributed by atoms with E-state index in [1.807, 2.05) is 6.08 Å². The molecule has 0 amide bonds. The van der Waals surface area contributed by atoms with Gasteiger partial charge in [0.15, 0.2) is 27.9 Å². The van der Waals surface area contributed by atoms with Gasteiger partial charge in [-0.3, -0.25) is 0 Å². The Morgan fingerprint density at radius 2 is 1.15 bits per heavy atom. The molecule has 2 atom stereocenters. The van der Waals surface area contributed by atoms with Crippen LogP contribution in [0.2, 0.25) is 0 Å². The van der Waals surface area contributed by atoms with Crippen molar-refractivity contribution in [3.8, 4) is 23.0 Å². The number of methoxy groups -OCH3 is 2. The highest BCUT2D eigenvalue weighted by Crippen LogP contribution is 2.54. The second-order valence-corrected chi connectivity index (χ2v) is 23.0. The standard InChI is InChI=1S/C48H57F6O9S3/c1-59-36-21-13-23-40(28-36)64(41-24-14-22-37(29-41)60-2)42-30-38(61-3)27-39(31-42)62-65(55,56)47(51,52)46(49,50)48(53,54)66(57,58)63-45-43(33-17-9-5-10-18-33)25-35(32-15-7-4-8-16-32)26-44(45)34-19-11-6-12-20-34/h13-14,21-28,30-34,41H,4-12,15-20,29H2,1-3H3/q+1/p+1. The van der Waals surface area contributed by atoms with Gasteiger partial charge in [-0.05, 0) is 97.3 Å². The summed E-state index contributed by atoms with van der Waals surface area (Å²) in [4.78, 5) is 0.879. The van der Waals surface area contributed by atoms with Crippen molar-refractivity contribution < 1.29 is 65.8 Å². The molecular formula is C48H58F6O9S3+2. The Morgan fingerprint density at radius 1 is 0.621 bits per heavy atom. The lowest BCUT2D eigenvalue weighted by Gasteiger charge is -2.34. The average molecular weight is 989 g/mol. The van der Waals surface area contributed by atoms with Crippen molar-refractivity contribution in [3.63, 3.8) is 0 Å². The Kier molecular flexibility index (Phi) is 15.3. The smallest absolute Gasteiger partial charge is 0.450 e. The van der Waals surface area contributed by atoms with Crippen LogP contribution in [0, 0.1) is 0 Å². The Morgan fingerprint density at radius 3 is 1.68 bits per heavy atom. The molecule has 4 aliphatic rings. The molecule has 9 nitrogen and oxygen atoms in total. The highest BCUT2D eigenvalue weighted by molar-refractivity contribution is 7.97. The van der Waals surface area contributed by atoms with Crippen LogP contribution in [0.5, 0.6) is 23.0 Å². The summed E-state index contributed by atoms with van der Waals surface area (Å²) in [6, 6.07) is 13.7. The molecule has 0 bridgehead atoms. The van der Waals surface area contributed by atoms with E-state index in [1.165, 1.54) is 27.4 Å². The number of aromatic hydroxyl groups is 1. The molecule has 18 heteroatoms. The number of ether oxygens (including phenoxy) is 3. The highest BCUT2D eigenvalue weighted by Gasteiger charge is 2.84. The van der Waals surface area contributed by atoms with Gasteiger partial charge in [-0.2, -0.15) is 43.2 Å². The zero-order valence-electron chi connectivity index (χ0n) is 37.3. The van der Waals surface area contributed by atoms with Crippen molar-refractivity contribution in [1.82, 2.24) is 0 Å². The van der Waals surface area contributed by atoms with E-state index in [-0.39, 0.29) is 44.8 Å². The topological polar surface area (TPSA) is 118 Å². The molecule has 4 aliphatic carbocycles. The zero-order chi connectivity index (χ0) is 47.5. The fraction of sp³-hybridized carbons (Fsp3) is 0.542. The molecule has 1 N–H and O–H groups in total. The van der Waals surface area contributed by atoms with Crippen LogP contribution in [0.25, 0.3) is 0 Å². The van der Waals surface area contributed by atoms with E-state index in [4.69, 9.17) is 13.7 Å². The van der Waals surface area contributed by atoms with Gasteiger partial charge in [0.1, 0.15) is 17.3 Å². The lowest BCUT2D eigenvalue weighted by atomic mass is 9.75. The predicted molar refractivity (Wildman–Crippen MR) is 241 cm³/mol. The molecule has 2 unspecified atom stereocenters. The number of halogens is 6. The van der Waals surface area contributed by atoms with Crippen LogP contribution in [0.15, 0.2) is 88.4 Å². The first kappa shape index (κ1) is 49.9. The van der Waals surface area contributed by atoms with E-state index in [2.05, 4.69) is 8.92 Å². The molecule has 3 aromatic rings. The van der Waals surface area contributed by atoms with Crippen molar-refractivity contribution in [3.05, 3.63) is 95.3 Å². The Labute approximate surface area is 386 Å². The minimum Gasteiger partial charge on any atom is -0.584 e. The lowest BCUT2D eigenvalue weighted by molar-refractivity contribution is -0.247. The molecule has 0 radical (unpaired) electrons. The van der Waals surface area contributed by atoms with E-state index < -0.39 is 59.1 Å². The van der Waals surface area contributed by atoms with E-state index >= 15 is 26.3 Å². The average Bonchev–Trinajstić information content (AvgIpc) is 3.32. The van der Waals surface area contributed by atoms with Gasteiger partial charge in [0, 0.05) is 12.1 Å². The van der Waals surface area contributed by atoms with Crippen LogP contribution in [0.1, 0.15) is 137 Å². The number of hydrogen-bond donors (Lipinski definition) is 0. The van der Waals surface area contributed by atoms with Gasteiger partial charge in [0.25, 0.3) is 5.75 Å². The predicted octanol–water partition coefficient (Wildman–Crippen LogP) is 12.5. The number of allylic oxidation sites excluding steroid dienone is 3. The third-order valence-electron chi connectivity index (χ3n) is 13.3. The Hall–Kier alpha value is -4.03. The second-order valence-electron chi connectivity index (χ2n) is 17.6. The summed E-state index contributed by atoms with van der Waals surface area (Å²) in [6.45, 7) is 0. The van der Waals surface area contributed by atoms with Crippen LogP contribution in [0.3, 0.4) is 0 Å². The third-order valence-corrected chi connectivity index (χ3v) is 18.3. The summed E-state index contributed by atoms with van der Waals surface area (Å²) in [5.41, 5.74) is 1.43. The summed E-state index contributed by atoms with van der Waals surface area (Å²) in [5.74, 6) is -8.25. The Balaban J connectivity index is 1.25. The zero-order valence-corrected chi connectivity index (χ0v) is 39.7. The maximum absolute atomic E-state index is 16.2. The molecule has 3 fully saturated rings. The molecule has 66 heavy (non-hydrogen) atoms. The van der Waals surface area contributed by atoms with Gasteiger partial charge in [0.2, 0.25) is 0 Å². The summed E-state index contributed by atoms with van der Waals surface area (Å²) < 4.78 is 176. The fourth-order valence-corrected chi connectivity index (χ4v) is 14.2. The molecule has 362 valence electrons. The first-order chi connectivity index (χ1) is 31.3. The van der Waals surface area contributed by atoms with Gasteiger partial charge in [0.05, 0.1) is 43.7 Å². The normalized spacial score (nSPS) is 20.3. The van der Waals surface area contributed by atoms with Crippen LogP contribution in [0.4, 0.5) is 26.3 Å². The lowest BCUT2D eigenvalue weighted by Crippen LogP contribution is -2.62. The van der Waals surface area contributed by atoms with Gasteiger partial charge in [-0.15, -0.1) is 0 Å². The van der Waals surface area contributed by atoms with Crippen LogP contribution in [-0.4, -0.2) is 64.6 Å². The second kappa shape index (κ2) is 20.3. The van der Waals surface area contributed by atoms with E-state index in [1.54, 1.807) is 48.6 Å². The van der Waals surface area contributed by atoms with Crippen molar-refractivity contribution in [2.45, 2.75) is 152 Å². The molecule has 7 rings (SSSR count). The number of alkyl halides is 6. The van der Waals surface area contributed by atoms with Crippen LogP contribution >= 0.6 is 0 Å². The molecule has 0 saturated heterocycles. The summed E-state index contributed by atoms with van der Waals surface area (Å²) >= 11 is 0. The molecular weight excluding hydrogens is 931 g/mol. The fourth-order valence-electron chi connectivity index (χ4n) is 9.74. The van der Waals surface area contributed by atoms with Crippen LogP contribution < -0.4 is 13.1 Å². The summed E-state index contributed by atoms with van der Waals surface area (Å²) in [5, 5.41) is -14.0. The molecule has 3 aromatic carbocycles. The third kappa shape index (κ3) is 10.1. The van der Waals surface area contributed by atoms with Crippen molar-refractivity contribution in [1.29, 1.82) is 0 Å². The summed E-state index contributed by atoms with van der Waals surface area (Å²) in [7, 11) is -11.0. The Bertz CT molecular complexity index is 2440. The largest absolute Gasteiger partial charge is 0.584 e. The summed E-state index contributed by atoms with van der Waals surface area (Å²) in [6.07, 6.45) is 17.3. The molecule has 0 aliphatic heterocycles. The van der Waals surface area contributed by atoms with Crippen LogP contribution in [-0.2, 0) is 35.9 Å². The van der Waals surface area contributed by atoms with E-state index in [0.29, 0.717) is 48.5 Å². The quantitative estimate of drug-likeness (QED) is 0.0745.